The van der Waals surface area contributed by atoms with Gasteiger partial charge in [0.05, 0.1) is 12.7 Å². The van der Waals surface area contributed by atoms with Crippen LogP contribution in [0.1, 0.15) is 47.0 Å². The molecule has 1 N–H and O–H groups in total. The lowest BCUT2D eigenvalue weighted by molar-refractivity contribution is -0.235. The minimum atomic E-state index is -1.08. The molecule has 0 unspecified atom stereocenters. The van der Waals surface area contributed by atoms with Crippen LogP contribution in [-0.4, -0.2) is 75.1 Å². The summed E-state index contributed by atoms with van der Waals surface area (Å²) < 4.78 is 24.9. The van der Waals surface area contributed by atoms with Gasteiger partial charge in [-0.05, 0) is 49.4 Å². The van der Waals surface area contributed by atoms with Crippen LogP contribution in [0.5, 0.6) is 0 Å². The number of hydrogen-bond acceptors (Lipinski definition) is 6. The molecule has 1 aliphatic heterocycles. The van der Waals surface area contributed by atoms with Crippen LogP contribution in [0.4, 0.5) is 0 Å². The van der Waals surface area contributed by atoms with E-state index in [1.54, 1.807) is 14.2 Å². The summed E-state index contributed by atoms with van der Waals surface area (Å²) in [6.45, 7) is 15.2. The second-order valence-corrected chi connectivity index (χ2v) is 12.4. The number of carboxylic acid groups (broad SMARTS) is 1. The van der Waals surface area contributed by atoms with E-state index in [-0.39, 0.29) is 36.1 Å². The summed E-state index contributed by atoms with van der Waals surface area (Å²) in [5, 5.41) is 11.3. The van der Waals surface area contributed by atoms with Crippen molar-refractivity contribution >= 4 is 5.97 Å². The van der Waals surface area contributed by atoms with E-state index < -0.39 is 28.5 Å². The Morgan fingerprint density at radius 2 is 2.00 bits per heavy atom. The molecule has 4 bridgehead atoms. The highest BCUT2D eigenvalue weighted by Gasteiger charge is 2.91. The molecule has 0 aromatic carbocycles. The highest BCUT2D eigenvalue weighted by atomic mass is 16.7. The molecular weight excluding hydrogens is 458 g/mol. The summed E-state index contributed by atoms with van der Waals surface area (Å²) in [7, 11) is 3.33. The minimum absolute atomic E-state index is 0.0477. The quantitative estimate of drug-likeness (QED) is 0.354. The molecule has 5 rings (SSSR count). The molecule has 0 radical (unpaired) electrons. The molecule has 1 saturated heterocycles. The SMILES string of the molecule is C=CCN1C[C@H](OC[C@@]23[C@@H]4[C@H](C)CC[C@H]4[C@@]4(C(OC)OC)C[C@@H]2C=C(C(C)C)[C@@]34C(=O)O)O[C@H](C)C1. The Morgan fingerprint density at radius 1 is 1.28 bits per heavy atom. The third kappa shape index (κ3) is 3.07. The van der Waals surface area contributed by atoms with Crippen molar-refractivity contribution in [2.75, 3.05) is 40.5 Å². The Labute approximate surface area is 216 Å². The Balaban J connectivity index is 1.61. The number of morpholine rings is 1. The summed E-state index contributed by atoms with van der Waals surface area (Å²) in [6, 6.07) is 0. The molecule has 3 saturated carbocycles. The molecule has 5 aliphatic rings. The highest BCUT2D eigenvalue weighted by molar-refractivity contribution is 5.85. The number of nitrogens with zero attached hydrogens (tertiary/aromatic N) is 1. The Hall–Kier alpha value is -1.25. The zero-order valence-electron chi connectivity index (χ0n) is 22.9. The normalized spacial score (nSPS) is 45.5. The largest absolute Gasteiger partial charge is 0.481 e. The first-order valence-electron chi connectivity index (χ1n) is 13.8. The lowest BCUT2D eigenvalue weighted by atomic mass is 9.54. The van der Waals surface area contributed by atoms with Gasteiger partial charge in [-0.25, -0.2) is 0 Å². The van der Waals surface area contributed by atoms with Gasteiger partial charge in [-0.15, -0.1) is 6.58 Å². The molecule has 0 aromatic heterocycles. The van der Waals surface area contributed by atoms with Crippen LogP contribution in [-0.2, 0) is 23.7 Å². The van der Waals surface area contributed by atoms with Gasteiger partial charge in [0.25, 0.3) is 0 Å². The van der Waals surface area contributed by atoms with Crippen molar-refractivity contribution in [3.63, 3.8) is 0 Å². The predicted molar refractivity (Wildman–Crippen MR) is 136 cm³/mol. The topological polar surface area (TPSA) is 77.5 Å². The molecule has 36 heavy (non-hydrogen) atoms. The van der Waals surface area contributed by atoms with Gasteiger partial charge < -0.3 is 24.1 Å². The van der Waals surface area contributed by atoms with Crippen LogP contribution in [0.3, 0.4) is 0 Å². The van der Waals surface area contributed by atoms with E-state index in [4.69, 9.17) is 18.9 Å². The predicted octanol–water partition coefficient (Wildman–Crippen LogP) is 4.19. The first-order valence-corrected chi connectivity index (χ1v) is 13.8. The highest BCUT2D eigenvalue weighted by Crippen LogP contribution is 2.88. The van der Waals surface area contributed by atoms with Crippen LogP contribution in [0.2, 0.25) is 0 Å². The number of aliphatic carboxylic acids is 1. The number of rotatable bonds is 10. The van der Waals surface area contributed by atoms with Gasteiger partial charge in [0.2, 0.25) is 0 Å². The number of methoxy groups -OCH3 is 2. The number of carbonyl (C=O) groups is 1. The summed E-state index contributed by atoms with van der Waals surface area (Å²) in [5.74, 6) is 0.364. The molecule has 9 atom stereocenters. The van der Waals surface area contributed by atoms with Crippen molar-refractivity contribution in [3.8, 4) is 0 Å². The van der Waals surface area contributed by atoms with Gasteiger partial charge in [0, 0.05) is 44.7 Å². The van der Waals surface area contributed by atoms with Crippen molar-refractivity contribution in [1.29, 1.82) is 0 Å². The van der Waals surface area contributed by atoms with Crippen molar-refractivity contribution in [2.45, 2.75) is 65.6 Å². The van der Waals surface area contributed by atoms with Gasteiger partial charge in [0.15, 0.2) is 12.6 Å². The van der Waals surface area contributed by atoms with Crippen LogP contribution in [0.25, 0.3) is 0 Å². The average molecular weight is 504 g/mol. The maximum Gasteiger partial charge on any atom is 0.315 e. The van der Waals surface area contributed by atoms with Crippen molar-refractivity contribution < 1.29 is 28.8 Å². The summed E-state index contributed by atoms with van der Waals surface area (Å²) >= 11 is 0. The maximum atomic E-state index is 13.8. The Bertz CT molecular complexity index is 915. The monoisotopic (exact) mass is 503 g/mol. The molecule has 7 heteroatoms. The van der Waals surface area contributed by atoms with E-state index in [0.29, 0.717) is 19.1 Å². The lowest BCUT2D eigenvalue weighted by Gasteiger charge is -2.50. The van der Waals surface area contributed by atoms with E-state index in [1.807, 2.05) is 6.08 Å². The summed E-state index contributed by atoms with van der Waals surface area (Å²) in [6.07, 6.45) is 6.18. The van der Waals surface area contributed by atoms with Crippen LogP contribution in [0, 0.1) is 45.8 Å². The zero-order valence-corrected chi connectivity index (χ0v) is 22.9. The Kier molecular flexibility index (Phi) is 6.73. The molecule has 0 aromatic rings. The van der Waals surface area contributed by atoms with Gasteiger partial charge in [-0.3, -0.25) is 9.69 Å². The van der Waals surface area contributed by atoms with Crippen molar-refractivity contribution in [3.05, 3.63) is 24.3 Å². The molecule has 1 heterocycles. The van der Waals surface area contributed by atoms with E-state index in [2.05, 4.69) is 45.2 Å². The molecule has 7 nitrogen and oxygen atoms in total. The second-order valence-electron chi connectivity index (χ2n) is 12.4. The van der Waals surface area contributed by atoms with E-state index in [0.717, 1.165) is 37.9 Å². The van der Waals surface area contributed by atoms with Gasteiger partial charge in [0.1, 0.15) is 5.41 Å². The van der Waals surface area contributed by atoms with Crippen LogP contribution >= 0.6 is 0 Å². The second kappa shape index (κ2) is 9.19. The Morgan fingerprint density at radius 3 is 2.61 bits per heavy atom. The molecule has 4 aliphatic carbocycles. The van der Waals surface area contributed by atoms with Gasteiger partial charge in [-0.1, -0.05) is 44.9 Å². The fraction of sp³-hybridized carbons (Fsp3) is 0.828. The zero-order chi connectivity index (χ0) is 26.0. The number of hydrogen-bond donors (Lipinski definition) is 1. The number of carboxylic acids is 1. The van der Waals surface area contributed by atoms with Crippen molar-refractivity contribution in [1.82, 2.24) is 4.90 Å². The van der Waals surface area contributed by atoms with Gasteiger partial charge >= 0.3 is 5.97 Å². The average Bonchev–Trinajstić information content (AvgIpc) is 3.48. The first-order chi connectivity index (χ1) is 17.1. The number of ether oxygens (including phenoxy) is 4. The fourth-order valence-corrected chi connectivity index (χ4v) is 10.1. The standard InChI is InChI=1S/C29H45NO6/c1-8-11-30-14-19(5)36-23(15-30)35-16-28-20-12-22(17(2)3)29(28,25(31)32)27(13-20,26(33-6)34-7)21-10-9-18(4)24(21)28/h8,12,17-21,23-24,26H,1,9-11,13-16H2,2-7H3,(H,31,32)/t18-,19-,20+,21-,23-,24-,27-,28+,29+/m1/s1. The lowest BCUT2D eigenvalue weighted by Crippen LogP contribution is -2.58. The van der Waals surface area contributed by atoms with E-state index in [9.17, 15) is 9.90 Å². The van der Waals surface area contributed by atoms with Gasteiger partial charge in [-0.2, -0.15) is 0 Å². The summed E-state index contributed by atoms with van der Waals surface area (Å²) in [5.41, 5.74) is -1.19. The molecule has 0 spiro atoms. The fourth-order valence-electron chi connectivity index (χ4n) is 10.1. The maximum absolute atomic E-state index is 13.8. The molecular formula is C29H45NO6. The molecule has 0 amide bonds. The van der Waals surface area contributed by atoms with E-state index in [1.165, 1.54) is 0 Å². The number of allylic oxidation sites excluding steroid dienone is 1. The van der Waals surface area contributed by atoms with E-state index >= 15 is 0 Å². The van der Waals surface area contributed by atoms with Crippen LogP contribution < -0.4 is 0 Å². The minimum Gasteiger partial charge on any atom is -0.481 e. The number of fused-ring (bicyclic) bond motifs is 2. The first kappa shape index (κ1) is 26.4. The third-order valence-electron chi connectivity index (χ3n) is 10.7. The molecule has 4 fully saturated rings. The third-order valence-corrected chi connectivity index (χ3v) is 10.7. The molecule has 202 valence electrons. The van der Waals surface area contributed by atoms with Crippen LogP contribution in [0.15, 0.2) is 24.3 Å². The summed E-state index contributed by atoms with van der Waals surface area (Å²) in [4.78, 5) is 16.1. The van der Waals surface area contributed by atoms with Crippen molar-refractivity contribution in [2.24, 2.45) is 45.8 Å². The smallest absolute Gasteiger partial charge is 0.315 e.